The molecule has 0 aliphatic carbocycles. The van der Waals surface area contributed by atoms with Crippen LogP contribution in [0.5, 0.6) is 0 Å². The van der Waals surface area contributed by atoms with Gasteiger partial charge in [0.1, 0.15) is 10.8 Å². The molecule has 0 unspecified atom stereocenters. The zero-order chi connectivity index (χ0) is 20.3. The van der Waals surface area contributed by atoms with Crippen molar-refractivity contribution < 1.29 is 17.9 Å². The summed E-state index contributed by atoms with van der Waals surface area (Å²) in [5.41, 5.74) is 6.69. The number of halogens is 1. The van der Waals surface area contributed by atoms with Crippen LogP contribution in [0.3, 0.4) is 0 Å². The van der Waals surface area contributed by atoms with E-state index in [1.807, 2.05) is 42.7 Å². The molecule has 9 heteroatoms. The van der Waals surface area contributed by atoms with Crippen LogP contribution in [0.15, 0.2) is 68.6 Å². The van der Waals surface area contributed by atoms with Gasteiger partial charge in [-0.3, -0.25) is 0 Å². The van der Waals surface area contributed by atoms with Crippen LogP contribution in [0.1, 0.15) is 4.88 Å². The number of thioether (sulfide) groups is 1. The molecule has 0 fully saturated rings. The Labute approximate surface area is 176 Å². The normalized spacial score (nSPS) is 11.4. The third-order valence-corrected chi connectivity index (χ3v) is 8.35. The molecule has 1 amide bonds. The lowest BCUT2D eigenvalue weighted by molar-refractivity contribution is 0.151. The summed E-state index contributed by atoms with van der Waals surface area (Å²) >= 11 is 8.54. The van der Waals surface area contributed by atoms with Crippen molar-refractivity contribution in [1.82, 2.24) is 0 Å². The Hall–Kier alpha value is -2.00. The fourth-order valence-corrected chi connectivity index (χ4v) is 6.28. The van der Waals surface area contributed by atoms with Gasteiger partial charge in [-0.25, -0.2) is 13.2 Å². The predicted molar refractivity (Wildman–Crippen MR) is 113 cm³/mol. The maximum atomic E-state index is 13.2. The van der Waals surface area contributed by atoms with Gasteiger partial charge in [0, 0.05) is 4.90 Å². The molecular formula is C19H16ClNO4S3. The zero-order valence-electron chi connectivity index (χ0n) is 14.7. The molecule has 1 heterocycles. The average molecular weight is 454 g/mol. The highest BCUT2D eigenvalue weighted by molar-refractivity contribution is 7.98. The van der Waals surface area contributed by atoms with Crippen molar-refractivity contribution in [2.45, 2.75) is 20.6 Å². The van der Waals surface area contributed by atoms with Gasteiger partial charge in [-0.1, -0.05) is 41.9 Å². The summed E-state index contributed by atoms with van der Waals surface area (Å²) in [5.74, 6) is 0. The van der Waals surface area contributed by atoms with Gasteiger partial charge in [0.2, 0.25) is 9.84 Å². The van der Waals surface area contributed by atoms with Crippen molar-refractivity contribution in [1.29, 1.82) is 0 Å². The number of hydrogen-bond donors (Lipinski definition) is 1. The van der Waals surface area contributed by atoms with E-state index in [2.05, 4.69) is 0 Å². The SMILES string of the molecule is CSc1cc(-c2ccccc2)cc(S(=O)(=O)c2cc(Cl)c(COC(N)=O)s2)c1. The van der Waals surface area contributed by atoms with Crippen LogP contribution >= 0.6 is 34.7 Å². The second-order valence-corrected chi connectivity index (χ2v) is 10.3. The number of amides is 1. The molecule has 3 rings (SSSR count). The van der Waals surface area contributed by atoms with Crippen LogP contribution in [-0.4, -0.2) is 20.8 Å². The Morgan fingerprint density at radius 3 is 2.50 bits per heavy atom. The van der Waals surface area contributed by atoms with Crippen LogP contribution in [0.25, 0.3) is 11.1 Å². The maximum Gasteiger partial charge on any atom is 0.404 e. The highest BCUT2D eigenvalue weighted by atomic mass is 35.5. The van der Waals surface area contributed by atoms with Crippen molar-refractivity contribution in [2.75, 3.05) is 6.26 Å². The van der Waals surface area contributed by atoms with Crippen molar-refractivity contribution in [3.63, 3.8) is 0 Å². The van der Waals surface area contributed by atoms with Crippen LogP contribution in [0, 0.1) is 0 Å². The Kier molecular flexibility index (Phi) is 6.34. The lowest BCUT2D eigenvalue weighted by Gasteiger charge is -2.09. The summed E-state index contributed by atoms with van der Waals surface area (Å²) in [6, 6.07) is 16.2. The average Bonchev–Trinajstić information content (AvgIpc) is 3.08. The van der Waals surface area contributed by atoms with Crippen molar-refractivity contribution in [2.24, 2.45) is 5.73 Å². The van der Waals surface area contributed by atoms with E-state index >= 15 is 0 Å². The number of sulfone groups is 1. The summed E-state index contributed by atoms with van der Waals surface area (Å²) in [6.45, 7) is -0.172. The molecule has 0 saturated heterocycles. The van der Waals surface area contributed by atoms with Crippen LogP contribution in [-0.2, 0) is 21.2 Å². The molecular weight excluding hydrogens is 438 g/mol. The lowest BCUT2D eigenvalue weighted by atomic mass is 10.1. The fourth-order valence-electron chi connectivity index (χ4n) is 2.51. The second-order valence-electron chi connectivity index (χ2n) is 5.71. The molecule has 0 aliphatic rings. The van der Waals surface area contributed by atoms with Crippen LogP contribution < -0.4 is 5.73 Å². The molecule has 2 N–H and O–H groups in total. The van der Waals surface area contributed by atoms with Crippen LogP contribution in [0.4, 0.5) is 4.79 Å². The van der Waals surface area contributed by atoms with Crippen LogP contribution in [0.2, 0.25) is 5.02 Å². The summed E-state index contributed by atoms with van der Waals surface area (Å²) in [6.07, 6.45) is 0.941. The Bertz CT molecular complexity index is 1110. The molecule has 0 bridgehead atoms. The molecule has 0 atom stereocenters. The smallest absolute Gasteiger partial charge is 0.404 e. The van der Waals surface area contributed by atoms with Gasteiger partial charge in [0.25, 0.3) is 0 Å². The minimum absolute atomic E-state index is 0.0813. The van der Waals surface area contributed by atoms with E-state index in [-0.39, 0.29) is 20.7 Å². The highest BCUT2D eigenvalue weighted by Crippen LogP contribution is 2.36. The van der Waals surface area contributed by atoms with E-state index in [0.29, 0.717) is 4.88 Å². The van der Waals surface area contributed by atoms with Gasteiger partial charge >= 0.3 is 6.09 Å². The number of ether oxygens (including phenoxy) is 1. The van der Waals surface area contributed by atoms with E-state index < -0.39 is 15.9 Å². The van der Waals surface area contributed by atoms with Crippen molar-refractivity contribution in [3.8, 4) is 11.1 Å². The van der Waals surface area contributed by atoms with Gasteiger partial charge in [-0.05, 0) is 41.6 Å². The zero-order valence-corrected chi connectivity index (χ0v) is 17.9. The monoisotopic (exact) mass is 453 g/mol. The Morgan fingerprint density at radius 2 is 1.86 bits per heavy atom. The first kappa shape index (κ1) is 20.7. The number of thiophene rings is 1. The number of hydrogen-bond acceptors (Lipinski definition) is 6. The number of rotatable bonds is 6. The molecule has 28 heavy (non-hydrogen) atoms. The van der Waals surface area contributed by atoms with Gasteiger partial charge < -0.3 is 10.5 Å². The topological polar surface area (TPSA) is 86.5 Å². The first-order chi connectivity index (χ1) is 13.3. The first-order valence-electron chi connectivity index (χ1n) is 8.01. The van der Waals surface area contributed by atoms with E-state index in [9.17, 15) is 13.2 Å². The van der Waals surface area contributed by atoms with Gasteiger partial charge in [0.05, 0.1) is 14.8 Å². The number of carbonyl (C=O) groups is 1. The lowest BCUT2D eigenvalue weighted by Crippen LogP contribution is -2.12. The summed E-state index contributed by atoms with van der Waals surface area (Å²) in [4.78, 5) is 12.2. The van der Waals surface area contributed by atoms with Crippen molar-refractivity contribution in [3.05, 3.63) is 64.5 Å². The van der Waals surface area contributed by atoms with Gasteiger partial charge in [0.15, 0.2) is 0 Å². The number of benzene rings is 2. The van der Waals surface area contributed by atoms with Gasteiger partial charge in [-0.15, -0.1) is 23.1 Å². The van der Waals surface area contributed by atoms with E-state index in [1.165, 1.54) is 17.8 Å². The number of carbonyl (C=O) groups excluding carboxylic acids is 1. The molecule has 2 aromatic carbocycles. The van der Waals surface area contributed by atoms with Gasteiger partial charge in [-0.2, -0.15) is 0 Å². The minimum Gasteiger partial charge on any atom is -0.444 e. The van der Waals surface area contributed by atoms with E-state index in [4.69, 9.17) is 22.1 Å². The summed E-state index contributed by atoms with van der Waals surface area (Å²) in [7, 11) is -3.79. The molecule has 0 radical (unpaired) electrons. The minimum atomic E-state index is -3.79. The second kappa shape index (κ2) is 8.57. The largest absolute Gasteiger partial charge is 0.444 e. The first-order valence-corrected chi connectivity index (χ1v) is 11.9. The molecule has 146 valence electrons. The van der Waals surface area contributed by atoms with E-state index in [1.54, 1.807) is 12.1 Å². The Balaban J connectivity index is 2.04. The third-order valence-electron chi connectivity index (χ3n) is 3.88. The molecule has 3 aromatic rings. The summed E-state index contributed by atoms with van der Waals surface area (Å²) in [5, 5.41) is 0.217. The third kappa shape index (κ3) is 4.52. The fraction of sp³-hybridized carbons (Fsp3) is 0.105. The summed E-state index contributed by atoms with van der Waals surface area (Å²) < 4.78 is 31.2. The quantitative estimate of drug-likeness (QED) is 0.517. The highest BCUT2D eigenvalue weighted by Gasteiger charge is 2.24. The predicted octanol–water partition coefficient (Wildman–Crippen LogP) is 5.22. The number of nitrogens with two attached hydrogens (primary N) is 1. The standard InChI is InChI=1S/C19H16ClNO4S3/c1-26-14-7-13(12-5-3-2-4-6-12)8-15(9-14)28(23,24)18-10-16(20)17(27-18)11-25-19(21)22/h2-10H,11H2,1H3,(H2,21,22). The van der Waals surface area contributed by atoms with Crippen molar-refractivity contribution >= 4 is 50.6 Å². The Morgan fingerprint density at radius 1 is 1.14 bits per heavy atom. The number of primary amides is 1. The molecule has 0 saturated carbocycles. The molecule has 5 nitrogen and oxygen atoms in total. The maximum absolute atomic E-state index is 13.2. The molecule has 1 aromatic heterocycles. The molecule has 0 aliphatic heterocycles. The van der Waals surface area contributed by atoms with E-state index in [0.717, 1.165) is 27.4 Å². The molecule has 0 spiro atoms.